The molecule has 1 aromatic heterocycles. The van der Waals surface area contributed by atoms with Crippen LogP contribution in [-0.2, 0) is 11.3 Å². The van der Waals surface area contributed by atoms with Crippen LogP contribution in [0.3, 0.4) is 0 Å². The van der Waals surface area contributed by atoms with E-state index in [1.54, 1.807) is 4.68 Å². The summed E-state index contributed by atoms with van der Waals surface area (Å²) in [4.78, 5) is 14.4. The number of nitrogens with zero attached hydrogens (tertiary/aromatic N) is 4. The second-order valence-electron chi connectivity index (χ2n) is 5.82. The van der Waals surface area contributed by atoms with Crippen LogP contribution in [0.2, 0.25) is 0 Å². The highest BCUT2D eigenvalue weighted by Gasteiger charge is 2.26. The molecule has 0 aliphatic carbocycles. The molecule has 1 aliphatic rings. The van der Waals surface area contributed by atoms with Crippen LogP contribution in [0.25, 0.3) is 11.0 Å². The number of para-hydroxylation sites is 1. The number of fused-ring (bicyclic) bond motifs is 1. The first-order valence-corrected chi connectivity index (χ1v) is 7.21. The highest BCUT2D eigenvalue weighted by atomic mass is 16.2. The number of carbonyl (C=O) groups excluding carboxylic acids is 1. The molecule has 5 heteroatoms. The fourth-order valence-electron chi connectivity index (χ4n) is 2.75. The molecule has 2 aromatic rings. The summed E-state index contributed by atoms with van der Waals surface area (Å²) in [5.74, 6) is 1.41. The average Bonchev–Trinajstić information content (AvgIpc) is 2.85. The van der Waals surface area contributed by atoms with Gasteiger partial charge in [-0.25, -0.2) is 4.68 Å². The van der Waals surface area contributed by atoms with Crippen LogP contribution >= 0.6 is 0 Å². The number of hydrogen-bond donors (Lipinski definition) is 0. The van der Waals surface area contributed by atoms with E-state index >= 15 is 0 Å². The Labute approximate surface area is 118 Å². The van der Waals surface area contributed by atoms with Crippen molar-refractivity contribution in [3.63, 3.8) is 0 Å². The van der Waals surface area contributed by atoms with Gasteiger partial charge in [-0.05, 0) is 30.4 Å². The molecule has 20 heavy (non-hydrogen) atoms. The van der Waals surface area contributed by atoms with E-state index in [0.29, 0.717) is 11.8 Å². The van der Waals surface area contributed by atoms with Crippen LogP contribution in [0.1, 0.15) is 20.3 Å². The van der Waals surface area contributed by atoms with Gasteiger partial charge >= 0.3 is 0 Å². The van der Waals surface area contributed by atoms with Crippen molar-refractivity contribution in [2.75, 3.05) is 13.1 Å². The van der Waals surface area contributed by atoms with Crippen molar-refractivity contribution in [1.82, 2.24) is 19.9 Å². The monoisotopic (exact) mass is 272 g/mol. The number of carbonyl (C=O) groups is 1. The number of benzene rings is 1. The maximum absolute atomic E-state index is 12.4. The van der Waals surface area contributed by atoms with Crippen molar-refractivity contribution in [3.8, 4) is 0 Å². The fourth-order valence-corrected chi connectivity index (χ4v) is 2.75. The van der Waals surface area contributed by atoms with Gasteiger partial charge in [-0.15, -0.1) is 5.10 Å². The Balaban J connectivity index is 1.73. The molecule has 1 amide bonds. The van der Waals surface area contributed by atoms with Gasteiger partial charge < -0.3 is 4.90 Å². The van der Waals surface area contributed by atoms with E-state index in [1.807, 2.05) is 29.2 Å². The molecule has 0 radical (unpaired) electrons. The Morgan fingerprint density at radius 1 is 1.30 bits per heavy atom. The quantitative estimate of drug-likeness (QED) is 0.839. The van der Waals surface area contributed by atoms with Gasteiger partial charge in [-0.1, -0.05) is 31.2 Å². The van der Waals surface area contributed by atoms with Crippen molar-refractivity contribution >= 4 is 16.9 Å². The molecule has 1 aromatic carbocycles. The molecule has 2 unspecified atom stereocenters. The largest absolute Gasteiger partial charge is 0.341 e. The predicted molar refractivity (Wildman–Crippen MR) is 77.1 cm³/mol. The Morgan fingerprint density at radius 2 is 2.10 bits per heavy atom. The van der Waals surface area contributed by atoms with Crippen molar-refractivity contribution in [1.29, 1.82) is 0 Å². The van der Waals surface area contributed by atoms with Crippen molar-refractivity contribution in [3.05, 3.63) is 24.3 Å². The third-order valence-corrected chi connectivity index (χ3v) is 4.39. The van der Waals surface area contributed by atoms with Gasteiger partial charge in [0.05, 0.1) is 5.52 Å². The first-order chi connectivity index (χ1) is 9.65. The molecule has 5 nitrogen and oxygen atoms in total. The number of piperidine rings is 1. The lowest BCUT2D eigenvalue weighted by atomic mass is 9.89. The molecule has 2 heterocycles. The Kier molecular flexibility index (Phi) is 3.42. The Hall–Kier alpha value is -1.91. The van der Waals surface area contributed by atoms with Crippen LogP contribution < -0.4 is 0 Å². The van der Waals surface area contributed by atoms with Gasteiger partial charge in [0.25, 0.3) is 0 Å². The summed E-state index contributed by atoms with van der Waals surface area (Å²) in [6.07, 6.45) is 1.09. The van der Waals surface area contributed by atoms with Crippen LogP contribution in [0.4, 0.5) is 0 Å². The van der Waals surface area contributed by atoms with E-state index in [1.165, 1.54) is 0 Å². The third kappa shape index (κ3) is 2.40. The van der Waals surface area contributed by atoms with E-state index in [2.05, 4.69) is 24.2 Å². The smallest absolute Gasteiger partial charge is 0.244 e. The second kappa shape index (κ2) is 5.23. The zero-order valence-electron chi connectivity index (χ0n) is 12.0. The minimum atomic E-state index is 0.138. The van der Waals surface area contributed by atoms with E-state index in [0.717, 1.165) is 30.5 Å². The Morgan fingerprint density at radius 3 is 2.90 bits per heavy atom. The minimum absolute atomic E-state index is 0.138. The van der Waals surface area contributed by atoms with E-state index in [4.69, 9.17) is 0 Å². The lowest BCUT2D eigenvalue weighted by Crippen LogP contribution is -2.43. The van der Waals surface area contributed by atoms with Gasteiger partial charge in [0.2, 0.25) is 5.91 Å². The standard InChI is InChI=1S/C15H20N4O/c1-11-7-8-18(9-12(11)2)15(20)10-19-14-6-4-3-5-13(14)16-17-19/h3-6,11-12H,7-10H2,1-2H3. The normalized spacial score (nSPS) is 23.2. The predicted octanol–water partition coefficient (Wildman–Crippen LogP) is 1.94. The van der Waals surface area contributed by atoms with Crippen molar-refractivity contribution < 1.29 is 4.79 Å². The molecule has 1 saturated heterocycles. The molecular formula is C15H20N4O. The molecule has 3 rings (SSSR count). The van der Waals surface area contributed by atoms with E-state index < -0.39 is 0 Å². The number of aromatic nitrogens is 3. The highest BCUT2D eigenvalue weighted by molar-refractivity contribution is 5.79. The van der Waals surface area contributed by atoms with Gasteiger partial charge in [0.15, 0.2) is 0 Å². The molecule has 0 bridgehead atoms. The van der Waals surface area contributed by atoms with Gasteiger partial charge in [0.1, 0.15) is 12.1 Å². The van der Waals surface area contributed by atoms with Crippen molar-refractivity contribution in [2.24, 2.45) is 11.8 Å². The molecule has 1 fully saturated rings. The van der Waals surface area contributed by atoms with Crippen molar-refractivity contribution in [2.45, 2.75) is 26.8 Å². The summed E-state index contributed by atoms with van der Waals surface area (Å²) in [5.41, 5.74) is 1.75. The fraction of sp³-hybridized carbons (Fsp3) is 0.533. The van der Waals surface area contributed by atoms with Crippen LogP contribution in [0.15, 0.2) is 24.3 Å². The maximum Gasteiger partial charge on any atom is 0.244 e. The second-order valence-corrected chi connectivity index (χ2v) is 5.82. The SMILES string of the molecule is CC1CCN(C(=O)Cn2nnc3ccccc32)CC1C. The third-order valence-electron chi connectivity index (χ3n) is 4.39. The zero-order chi connectivity index (χ0) is 14.1. The molecule has 106 valence electrons. The first-order valence-electron chi connectivity index (χ1n) is 7.21. The summed E-state index contributed by atoms with van der Waals surface area (Å²) in [7, 11) is 0. The summed E-state index contributed by atoms with van der Waals surface area (Å²) in [6, 6.07) is 7.73. The number of rotatable bonds is 2. The molecule has 2 atom stereocenters. The number of amides is 1. The Bertz CT molecular complexity index is 621. The van der Waals surface area contributed by atoms with Crippen LogP contribution in [-0.4, -0.2) is 38.9 Å². The number of likely N-dealkylation sites (tertiary alicyclic amines) is 1. The molecule has 0 spiro atoms. The maximum atomic E-state index is 12.4. The first kappa shape index (κ1) is 13.1. The van der Waals surface area contributed by atoms with E-state index in [-0.39, 0.29) is 12.5 Å². The highest BCUT2D eigenvalue weighted by Crippen LogP contribution is 2.22. The van der Waals surface area contributed by atoms with Crippen LogP contribution in [0.5, 0.6) is 0 Å². The lowest BCUT2D eigenvalue weighted by Gasteiger charge is -2.35. The van der Waals surface area contributed by atoms with Gasteiger partial charge in [-0.3, -0.25) is 4.79 Å². The van der Waals surface area contributed by atoms with Gasteiger partial charge in [-0.2, -0.15) is 0 Å². The molecular weight excluding hydrogens is 252 g/mol. The summed E-state index contributed by atoms with van der Waals surface area (Å²) in [5, 5.41) is 8.17. The van der Waals surface area contributed by atoms with Crippen LogP contribution in [0, 0.1) is 11.8 Å². The minimum Gasteiger partial charge on any atom is -0.341 e. The van der Waals surface area contributed by atoms with E-state index in [9.17, 15) is 4.79 Å². The molecule has 1 aliphatic heterocycles. The summed E-state index contributed by atoms with van der Waals surface area (Å²) in [6.45, 7) is 6.47. The van der Waals surface area contributed by atoms with Gasteiger partial charge in [0, 0.05) is 13.1 Å². The lowest BCUT2D eigenvalue weighted by molar-refractivity contribution is -0.134. The zero-order valence-corrected chi connectivity index (χ0v) is 12.0. The molecule has 0 saturated carbocycles. The molecule has 0 N–H and O–H groups in total. The topological polar surface area (TPSA) is 51.0 Å². The summed E-state index contributed by atoms with van der Waals surface area (Å²) < 4.78 is 1.69. The number of hydrogen-bond acceptors (Lipinski definition) is 3. The summed E-state index contributed by atoms with van der Waals surface area (Å²) >= 11 is 0. The average molecular weight is 272 g/mol.